The summed E-state index contributed by atoms with van der Waals surface area (Å²) in [5.41, 5.74) is 0. The molecule has 3 heteroatoms. The highest BCUT2D eigenvalue weighted by molar-refractivity contribution is 7.97. The van der Waals surface area contributed by atoms with Gasteiger partial charge in [0.1, 0.15) is 0 Å². The molecule has 38 valence electrons. The maximum atomic E-state index is 8.13. The van der Waals surface area contributed by atoms with Gasteiger partial charge in [0, 0.05) is 12.4 Å². The van der Waals surface area contributed by atoms with Crippen molar-refractivity contribution in [1.82, 2.24) is 0 Å². The molecular weight excluding hydrogens is 98.1 g/mol. The van der Waals surface area contributed by atoms with E-state index in [-0.39, 0.29) is 6.61 Å². The fourth-order valence-corrected chi connectivity index (χ4v) is 0.444. The molecule has 0 amide bonds. The lowest BCUT2D eigenvalue weighted by Crippen LogP contribution is -1.88. The average molecular weight is 107 g/mol. The van der Waals surface area contributed by atoms with E-state index < -0.39 is 0 Å². The van der Waals surface area contributed by atoms with Crippen LogP contribution < -0.4 is 5.14 Å². The molecule has 6 heavy (non-hydrogen) atoms. The topological polar surface area (TPSA) is 46.2 Å². The average Bonchev–Trinajstić information content (AvgIpc) is 1.61. The van der Waals surface area contributed by atoms with Crippen LogP contribution in [0.15, 0.2) is 0 Å². The second-order valence-corrected chi connectivity index (χ2v) is 1.69. The Labute approximate surface area is 41.9 Å². The maximum Gasteiger partial charge on any atom is 0.0439 e. The number of rotatable bonds is 3. The molecule has 2 nitrogen and oxygen atoms in total. The molecule has 0 saturated heterocycles. The SMILES string of the molecule is NSCCCO. The van der Waals surface area contributed by atoms with Gasteiger partial charge in [-0.3, -0.25) is 5.14 Å². The van der Waals surface area contributed by atoms with Gasteiger partial charge >= 0.3 is 0 Å². The van der Waals surface area contributed by atoms with Gasteiger partial charge in [0.15, 0.2) is 0 Å². The van der Waals surface area contributed by atoms with Crippen molar-refractivity contribution in [3.05, 3.63) is 0 Å². The van der Waals surface area contributed by atoms with Crippen LogP contribution in [-0.4, -0.2) is 17.5 Å². The molecule has 3 N–H and O–H groups in total. The summed E-state index contributed by atoms with van der Waals surface area (Å²) in [6.45, 7) is 0.254. The summed E-state index contributed by atoms with van der Waals surface area (Å²) in [6, 6.07) is 0. The molecule has 0 aliphatic carbocycles. The molecule has 0 rings (SSSR count). The lowest BCUT2D eigenvalue weighted by Gasteiger charge is -1.86. The Hall–Kier alpha value is 0.270. The van der Waals surface area contributed by atoms with Crippen molar-refractivity contribution in [2.24, 2.45) is 5.14 Å². The van der Waals surface area contributed by atoms with E-state index >= 15 is 0 Å². The third kappa shape index (κ3) is 4.27. The van der Waals surface area contributed by atoms with Crippen LogP contribution >= 0.6 is 11.9 Å². The Morgan fingerprint density at radius 2 is 2.33 bits per heavy atom. The molecule has 0 bridgehead atoms. The summed E-state index contributed by atoms with van der Waals surface area (Å²) in [6.07, 6.45) is 0.807. The zero-order valence-corrected chi connectivity index (χ0v) is 4.37. The van der Waals surface area contributed by atoms with Crippen molar-refractivity contribution < 1.29 is 5.11 Å². The monoisotopic (exact) mass is 107 g/mol. The quantitative estimate of drug-likeness (QED) is 0.393. The first-order valence-corrected chi connectivity index (χ1v) is 2.89. The van der Waals surface area contributed by atoms with Crippen molar-refractivity contribution in [1.29, 1.82) is 0 Å². The van der Waals surface area contributed by atoms with Gasteiger partial charge in [0.2, 0.25) is 0 Å². The number of hydrogen-bond donors (Lipinski definition) is 2. The predicted octanol–water partition coefficient (Wildman–Crippen LogP) is -0.0243. The van der Waals surface area contributed by atoms with E-state index in [1.807, 2.05) is 0 Å². The summed E-state index contributed by atoms with van der Waals surface area (Å²) in [7, 11) is 0. The highest BCUT2D eigenvalue weighted by atomic mass is 32.2. The van der Waals surface area contributed by atoms with Gasteiger partial charge in [-0.05, 0) is 6.42 Å². The first-order valence-electron chi connectivity index (χ1n) is 1.84. The number of aliphatic hydroxyl groups is 1. The Balaban J connectivity index is 2.34. The summed E-state index contributed by atoms with van der Waals surface area (Å²) >= 11 is 1.27. The summed E-state index contributed by atoms with van der Waals surface area (Å²) in [5, 5.41) is 13.1. The second-order valence-electron chi connectivity index (χ2n) is 0.948. The summed E-state index contributed by atoms with van der Waals surface area (Å²) in [4.78, 5) is 0. The molecule has 0 unspecified atom stereocenters. The molecular formula is C3H9NOS. The van der Waals surface area contributed by atoms with Crippen molar-refractivity contribution in [3.8, 4) is 0 Å². The summed E-state index contributed by atoms with van der Waals surface area (Å²) in [5.74, 6) is 0.858. The molecule has 0 fully saturated rings. The van der Waals surface area contributed by atoms with Crippen LogP contribution in [0.3, 0.4) is 0 Å². The Kier molecular flexibility index (Phi) is 5.51. The molecule has 0 heterocycles. The smallest absolute Gasteiger partial charge is 0.0439 e. The molecule has 0 aromatic heterocycles. The van der Waals surface area contributed by atoms with E-state index in [9.17, 15) is 0 Å². The van der Waals surface area contributed by atoms with Crippen molar-refractivity contribution in [2.75, 3.05) is 12.4 Å². The number of hydrogen-bond acceptors (Lipinski definition) is 3. The molecule has 0 aromatic carbocycles. The predicted molar refractivity (Wildman–Crippen MR) is 28.3 cm³/mol. The van der Waals surface area contributed by atoms with Gasteiger partial charge in [-0.1, -0.05) is 11.9 Å². The van der Waals surface area contributed by atoms with Gasteiger partial charge in [-0.2, -0.15) is 0 Å². The standard InChI is InChI=1S/C3H9NOS/c4-6-3-1-2-5/h5H,1-4H2. The lowest BCUT2D eigenvalue weighted by molar-refractivity contribution is 0.296. The van der Waals surface area contributed by atoms with E-state index in [4.69, 9.17) is 10.2 Å². The van der Waals surface area contributed by atoms with Crippen LogP contribution in [-0.2, 0) is 0 Å². The zero-order valence-electron chi connectivity index (χ0n) is 3.55. The lowest BCUT2D eigenvalue weighted by atomic mass is 10.5. The van der Waals surface area contributed by atoms with Gasteiger partial charge in [-0.25, -0.2) is 0 Å². The molecule has 0 saturated carbocycles. The number of nitrogens with two attached hydrogens (primary N) is 1. The van der Waals surface area contributed by atoms with E-state index in [1.54, 1.807) is 0 Å². The van der Waals surface area contributed by atoms with Crippen LogP contribution in [0.2, 0.25) is 0 Å². The molecule has 0 aromatic rings. The zero-order chi connectivity index (χ0) is 4.83. The molecule has 0 aliphatic rings. The highest BCUT2D eigenvalue weighted by Crippen LogP contribution is 1.87. The Morgan fingerprint density at radius 1 is 1.67 bits per heavy atom. The van der Waals surface area contributed by atoms with Crippen LogP contribution in [0.4, 0.5) is 0 Å². The van der Waals surface area contributed by atoms with Crippen LogP contribution in [0.1, 0.15) is 6.42 Å². The van der Waals surface area contributed by atoms with Crippen molar-refractivity contribution >= 4 is 11.9 Å². The normalized spacial score (nSPS) is 9.00. The molecule has 0 radical (unpaired) electrons. The minimum absolute atomic E-state index is 0.254. The van der Waals surface area contributed by atoms with Crippen molar-refractivity contribution in [2.45, 2.75) is 6.42 Å². The third-order valence-electron chi connectivity index (χ3n) is 0.420. The van der Waals surface area contributed by atoms with Crippen molar-refractivity contribution in [3.63, 3.8) is 0 Å². The van der Waals surface area contributed by atoms with E-state index in [2.05, 4.69) is 0 Å². The van der Waals surface area contributed by atoms with Gasteiger partial charge in [-0.15, -0.1) is 0 Å². The largest absolute Gasteiger partial charge is 0.396 e. The van der Waals surface area contributed by atoms with Crippen LogP contribution in [0.5, 0.6) is 0 Å². The fraction of sp³-hybridized carbons (Fsp3) is 1.00. The Bertz CT molecular complexity index is 22.8. The molecule has 0 aliphatic heterocycles. The maximum absolute atomic E-state index is 8.13. The summed E-state index contributed by atoms with van der Waals surface area (Å²) < 4.78 is 0. The van der Waals surface area contributed by atoms with Crippen LogP contribution in [0.25, 0.3) is 0 Å². The second kappa shape index (κ2) is 5.27. The third-order valence-corrected chi connectivity index (χ3v) is 0.945. The highest BCUT2D eigenvalue weighted by Gasteiger charge is 1.76. The van der Waals surface area contributed by atoms with Gasteiger partial charge in [0.05, 0.1) is 0 Å². The van der Waals surface area contributed by atoms with Gasteiger partial charge < -0.3 is 5.11 Å². The molecule has 0 spiro atoms. The first kappa shape index (κ1) is 6.27. The number of aliphatic hydroxyl groups excluding tert-OH is 1. The van der Waals surface area contributed by atoms with Gasteiger partial charge in [0.25, 0.3) is 0 Å². The fourth-order valence-electron chi connectivity index (χ4n) is 0.148. The van der Waals surface area contributed by atoms with Crippen LogP contribution in [0, 0.1) is 0 Å². The minimum atomic E-state index is 0.254. The molecule has 0 atom stereocenters. The Morgan fingerprint density at radius 3 is 2.50 bits per heavy atom. The van der Waals surface area contributed by atoms with E-state index in [1.165, 1.54) is 11.9 Å². The first-order chi connectivity index (χ1) is 2.91. The minimum Gasteiger partial charge on any atom is -0.396 e. The van der Waals surface area contributed by atoms with E-state index in [0.29, 0.717) is 0 Å². The van der Waals surface area contributed by atoms with E-state index in [0.717, 1.165) is 12.2 Å².